The smallest absolute Gasteiger partial charge is 0.120 e. The molecule has 23 heavy (non-hydrogen) atoms. The molecule has 0 unspecified atom stereocenters. The van der Waals surface area contributed by atoms with Crippen LogP contribution in [0.15, 0.2) is 59.5 Å². The number of benzene rings is 1. The first-order valence-electron chi connectivity index (χ1n) is 8.18. The topological polar surface area (TPSA) is 34.2 Å². The van der Waals surface area contributed by atoms with Crippen LogP contribution in [-0.4, -0.2) is 21.2 Å². The Hall–Kier alpha value is -2.33. The van der Waals surface area contributed by atoms with Gasteiger partial charge in [-0.25, -0.2) is 4.68 Å². The molecule has 0 aliphatic carbocycles. The summed E-state index contributed by atoms with van der Waals surface area (Å²) < 4.78 is 7.56. The molecule has 4 rings (SSSR count). The van der Waals surface area contributed by atoms with Crippen molar-refractivity contribution in [1.82, 2.24) is 14.7 Å². The number of rotatable bonds is 4. The van der Waals surface area contributed by atoms with Crippen LogP contribution in [0.4, 0.5) is 0 Å². The Morgan fingerprint density at radius 3 is 2.87 bits per heavy atom. The number of likely N-dealkylation sites (tertiary alicyclic amines) is 1. The van der Waals surface area contributed by atoms with E-state index in [-0.39, 0.29) is 0 Å². The van der Waals surface area contributed by atoms with Crippen molar-refractivity contribution >= 4 is 0 Å². The van der Waals surface area contributed by atoms with E-state index in [0.717, 1.165) is 24.5 Å². The molecule has 4 heteroatoms. The van der Waals surface area contributed by atoms with Gasteiger partial charge in [-0.1, -0.05) is 17.7 Å². The standard InChI is InChI=1S/C19H21N3O/c1-15-6-8-17(9-7-15)22-14-16(12-20-22)13-21-10-2-4-18(21)19-5-3-11-23-19/h3,5-9,11-12,14,18H,2,4,10,13H2,1H3/t18-/m1/s1. The van der Waals surface area contributed by atoms with Gasteiger partial charge in [-0.3, -0.25) is 4.90 Å². The van der Waals surface area contributed by atoms with Gasteiger partial charge in [-0.05, 0) is 50.6 Å². The summed E-state index contributed by atoms with van der Waals surface area (Å²) in [6.45, 7) is 4.12. The van der Waals surface area contributed by atoms with E-state index in [4.69, 9.17) is 4.42 Å². The summed E-state index contributed by atoms with van der Waals surface area (Å²) in [5.74, 6) is 1.08. The number of hydrogen-bond acceptors (Lipinski definition) is 3. The van der Waals surface area contributed by atoms with Gasteiger partial charge >= 0.3 is 0 Å². The van der Waals surface area contributed by atoms with Crippen LogP contribution in [-0.2, 0) is 6.54 Å². The van der Waals surface area contributed by atoms with Crippen molar-refractivity contribution in [3.05, 3.63) is 71.9 Å². The number of nitrogens with zero attached hydrogens (tertiary/aromatic N) is 3. The van der Waals surface area contributed by atoms with Gasteiger partial charge in [0.15, 0.2) is 0 Å². The zero-order valence-corrected chi connectivity index (χ0v) is 13.4. The van der Waals surface area contributed by atoms with Crippen LogP contribution in [0.2, 0.25) is 0 Å². The van der Waals surface area contributed by atoms with Crippen molar-refractivity contribution in [1.29, 1.82) is 0 Å². The SMILES string of the molecule is Cc1ccc(-n2cc(CN3CCC[C@@H]3c3ccco3)cn2)cc1. The van der Waals surface area contributed by atoms with Crippen LogP contribution < -0.4 is 0 Å². The van der Waals surface area contributed by atoms with E-state index in [2.05, 4.69) is 53.5 Å². The summed E-state index contributed by atoms with van der Waals surface area (Å²) in [6.07, 6.45) is 8.25. The molecule has 0 saturated carbocycles. The van der Waals surface area contributed by atoms with Gasteiger partial charge in [0.1, 0.15) is 5.76 Å². The van der Waals surface area contributed by atoms with Gasteiger partial charge in [0.05, 0.1) is 24.2 Å². The number of hydrogen-bond donors (Lipinski definition) is 0. The van der Waals surface area contributed by atoms with E-state index in [1.807, 2.05) is 16.9 Å². The van der Waals surface area contributed by atoms with Crippen LogP contribution in [0.5, 0.6) is 0 Å². The number of aromatic nitrogens is 2. The molecule has 1 aliphatic heterocycles. The van der Waals surface area contributed by atoms with Crippen molar-refractivity contribution in [2.24, 2.45) is 0 Å². The molecule has 3 heterocycles. The van der Waals surface area contributed by atoms with Crippen molar-refractivity contribution in [2.75, 3.05) is 6.54 Å². The van der Waals surface area contributed by atoms with Crippen molar-refractivity contribution in [2.45, 2.75) is 32.4 Å². The Morgan fingerprint density at radius 2 is 2.09 bits per heavy atom. The van der Waals surface area contributed by atoms with Crippen LogP contribution in [0.25, 0.3) is 5.69 Å². The largest absolute Gasteiger partial charge is 0.468 e. The third-order valence-corrected chi connectivity index (χ3v) is 4.56. The third kappa shape index (κ3) is 2.94. The summed E-state index contributed by atoms with van der Waals surface area (Å²) in [5.41, 5.74) is 3.61. The zero-order valence-electron chi connectivity index (χ0n) is 13.4. The highest BCUT2D eigenvalue weighted by Gasteiger charge is 2.28. The minimum Gasteiger partial charge on any atom is -0.468 e. The first-order chi connectivity index (χ1) is 11.3. The fourth-order valence-corrected chi connectivity index (χ4v) is 3.33. The molecule has 0 N–H and O–H groups in total. The predicted molar refractivity (Wildman–Crippen MR) is 89.4 cm³/mol. The van der Waals surface area contributed by atoms with Crippen LogP contribution in [0.1, 0.15) is 35.8 Å². The normalized spacial score (nSPS) is 18.6. The van der Waals surface area contributed by atoms with Crippen LogP contribution in [0, 0.1) is 6.92 Å². The molecule has 3 aromatic rings. The highest BCUT2D eigenvalue weighted by molar-refractivity contribution is 5.34. The van der Waals surface area contributed by atoms with E-state index < -0.39 is 0 Å². The number of furan rings is 1. The molecule has 1 atom stereocenters. The van der Waals surface area contributed by atoms with Crippen molar-refractivity contribution in [3.63, 3.8) is 0 Å². The van der Waals surface area contributed by atoms with Gasteiger partial charge in [0, 0.05) is 18.3 Å². The lowest BCUT2D eigenvalue weighted by atomic mass is 10.1. The van der Waals surface area contributed by atoms with Gasteiger partial charge in [0.25, 0.3) is 0 Å². The van der Waals surface area contributed by atoms with Gasteiger partial charge in [-0.2, -0.15) is 5.10 Å². The Kier molecular flexibility index (Phi) is 3.75. The zero-order chi connectivity index (χ0) is 15.6. The van der Waals surface area contributed by atoms with E-state index in [0.29, 0.717) is 6.04 Å². The maximum absolute atomic E-state index is 5.61. The quantitative estimate of drug-likeness (QED) is 0.727. The average Bonchev–Trinajstić information content (AvgIpc) is 3.29. The van der Waals surface area contributed by atoms with Crippen LogP contribution >= 0.6 is 0 Å². The molecule has 118 valence electrons. The third-order valence-electron chi connectivity index (χ3n) is 4.56. The lowest BCUT2D eigenvalue weighted by Gasteiger charge is -2.21. The Labute approximate surface area is 136 Å². The Morgan fingerprint density at radius 1 is 1.22 bits per heavy atom. The van der Waals surface area contributed by atoms with E-state index in [9.17, 15) is 0 Å². The molecule has 0 amide bonds. The molecule has 0 radical (unpaired) electrons. The summed E-state index contributed by atoms with van der Waals surface area (Å²) in [4.78, 5) is 2.48. The highest BCUT2D eigenvalue weighted by Crippen LogP contribution is 2.33. The molecule has 0 spiro atoms. The minimum atomic E-state index is 0.396. The molecule has 4 nitrogen and oxygen atoms in total. The highest BCUT2D eigenvalue weighted by atomic mass is 16.3. The second-order valence-electron chi connectivity index (χ2n) is 6.27. The monoisotopic (exact) mass is 307 g/mol. The van der Waals surface area contributed by atoms with E-state index >= 15 is 0 Å². The first kappa shape index (κ1) is 14.3. The Balaban J connectivity index is 1.50. The average molecular weight is 307 g/mol. The lowest BCUT2D eigenvalue weighted by molar-refractivity contribution is 0.221. The predicted octanol–water partition coefficient (Wildman–Crippen LogP) is 4.11. The fraction of sp³-hybridized carbons (Fsp3) is 0.316. The summed E-state index contributed by atoms with van der Waals surface area (Å²) in [5, 5.41) is 4.51. The number of aryl methyl sites for hydroxylation is 1. The summed E-state index contributed by atoms with van der Waals surface area (Å²) in [6, 6.07) is 12.9. The minimum absolute atomic E-state index is 0.396. The van der Waals surface area contributed by atoms with Crippen molar-refractivity contribution < 1.29 is 4.42 Å². The van der Waals surface area contributed by atoms with Gasteiger partial charge in [-0.15, -0.1) is 0 Å². The molecule has 1 aliphatic rings. The molecular formula is C19H21N3O. The molecule has 2 aromatic heterocycles. The second-order valence-corrected chi connectivity index (χ2v) is 6.27. The fourth-order valence-electron chi connectivity index (χ4n) is 3.33. The lowest BCUT2D eigenvalue weighted by Crippen LogP contribution is -2.22. The molecule has 0 bridgehead atoms. The van der Waals surface area contributed by atoms with E-state index in [1.54, 1.807) is 6.26 Å². The van der Waals surface area contributed by atoms with Crippen molar-refractivity contribution in [3.8, 4) is 5.69 Å². The van der Waals surface area contributed by atoms with Crippen LogP contribution in [0.3, 0.4) is 0 Å². The Bertz CT molecular complexity index is 758. The van der Waals surface area contributed by atoms with Gasteiger partial charge in [0.2, 0.25) is 0 Å². The summed E-state index contributed by atoms with van der Waals surface area (Å²) >= 11 is 0. The maximum atomic E-state index is 5.61. The molecule has 1 fully saturated rings. The molecule has 1 saturated heterocycles. The molecular weight excluding hydrogens is 286 g/mol. The second kappa shape index (κ2) is 6.05. The molecule has 1 aromatic carbocycles. The van der Waals surface area contributed by atoms with E-state index in [1.165, 1.54) is 24.0 Å². The maximum Gasteiger partial charge on any atom is 0.120 e. The first-order valence-corrected chi connectivity index (χ1v) is 8.18. The van der Waals surface area contributed by atoms with Gasteiger partial charge < -0.3 is 4.42 Å². The summed E-state index contributed by atoms with van der Waals surface area (Å²) in [7, 11) is 0.